The van der Waals surface area contributed by atoms with E-state index in [0.717, 1.165) is 0 Å². The zero-order valence-electron chi connectivity index (χ0n) is 21.9. The van der Waals surface area contributed by atoms with Gasteiger partial charge in [-0.25, -0.2) is 19.7 Å². The molecule has 1 saturated heterocycles. The average molecular weight is 549 g/mol. The number of urea groups is 1. The Labute approximate surface area is 230 Å². The van der Waals surface area contributed by atoms with E-state index in [4.69, 9.17) is 15.2 Å². The molecule has 3 heterocycles. The van der Waals surface area contributed by atoms with Crippen LogP contribution in [0.1, 0.15) is 12.6 Å². The van der Waals surface area contributed by atoms with Crippen LogP contribution in [0.3, 0.4) is 0 Å². The van der Waals surface area contributed by atoms with Crippen molar-refractivity contribution in [2.75, 3.05) is 37.7 Å². The molecule has 0 spiro atoms. The summed E-state index contributed by atoms with van der Waals surface area (Å²) in [4.78, 5) is 26.8. The Morgan fingerprint density at radius 1 is 1.10 bits per heavy atom. The molecule has 0 saturated carbocycles. The van der Waals surface area contributed by atoms with Gasteiger partial charge in [0.15, 0.2) is 23.4 Å². The van der Waals surface area contributed by atoms with Gasteiger partial charge in [-0.2, -0.15) is 0 Å². The first kappa shape index (κ1) is 27.3. The van der Waals surface area contributed by atoms with E-state index < -0.39 is 24.5 Å². The fourth-order valence-corrected chi connectivity index (χ4v) is 4.56. The van der Waals surface area contributed by atoms with Crippen molar-refractivity contribution in [2.45, 2.75) is 31.0 Å². The van der Waals surface area contributed by atoms with Gasteiger partial charge in [0, 0.05) is 13.1 Å². The van der Waals surface area contributed by atoms with Gasteiger partial charge in [0.05, 0.1) is 12.0 Å². The van der Waals surface area contributed by atoms with Crippen LogP contribution in [0.5, 0.6) is 11.5 Å². The number of aliphatic hydroxyl groups excluding tert-OH is 2. The van der Waals surface area contributed by atoms with Crippen molar-refractivity contribution in [3.8, 4) is 11.5 Å². The Kier molecular flexibility index (Phi) is 8.36. The summed E-state index contributed by atoms with van der Waals surface area (Å²) in [6.45, 7) is 1.42. The molecule has 0 bridgehead atoms. The van der Waals surface area contributed by atoms with Crippen molar-refractivity contribution in [1.82, 2.24) is 29.7 Å². The predicted molar refractivity (Wildman–Crippen MR) is 148 cm³/mol. The quantitative estimate of drug-likeness (QED) is 0.184. The lowest BCUT2D eigenvalue weighted by Crippen LogP contribution is -2.39. The van der Waals surface area contributed by atoms with E-state index in [-0.39, 0.29) is 11.8 Å². The summed E-state index contributed by atoms with van der Waals surface area (Å²) in [5.41, 5.74) is 7.22. The van der Waals surface area contributed by atoms with Crippen molar-refractivity contribution in [1.29, 1.82) is 0 Å². The maximum Gasteiger partial charge on any atom is 0.319 e. The number of likely N-dealkylation sites (N-methyl/N-ethyl adjacent to an activating group) is 1. The highest BCUT2D eigenvalue weighted by atomic mass is 16.6. The van der Waals surface area contributed by atoms with E-state index in [1.165, 1.54) is 12.7 Å². The van der Waals surface area contributed by atoms with Crippen LogP contribution in [0, 0.1) is 0 Å². The minimum atomic E-state index is -1.17. The number of hydrogen-bond donors (Lipinski definition) is 5. The first-order valence-electron chi connectivity index (χ1n) is 12.9. The van der Waals surface area contributed by atoms with E-state index in [9.17, 15) is 15.0 Å². The van der Waals surface area contributed by atoms with Gasteiger partial charge < -0.3 is 41.0 Å². The zero-order valence-corrected chi connectivity index (χ0v) is 21.9. The SMILES string of the molecule is CN(CCCNC(=O)Nc1ccccc1Oc1ccccc1)C[C@H]1O[C@@H](n2cnc3c(N)ncnc32)[C@H](O)[C@H]1O. The Bertz CT molecular complexity index is 1430. The van der Waals surface area contributed by atoms with Crippen LogP contribution in [0.15, 0.2) is 67.3 Å². The Hall–Kier alpha value is -4.30. The number of carbonyl (C=O) groups is 1. The van der Waals surface area contributed by atoms with Gasteiger partial charge in [-0.15, -0.1) is 0 Å². The summed E-state index contributed by atoms with van der Waals surface area (Å²) < 4.78 is 13.4. The summed E-state index contributed by atoms with van der Waals surface area (Å²) in [6, 6.07) is 16.2. The fraction of sp³-hybridized carbons (Fsp3) is 0.333. The van der Waals surface area contributed by atoms with E-state index in [1.807, 2.05) is 54.4 Å². The number of ether oxygens (including phenoxy) is 2. The number of fused-ring (bicyclic) bond motifs is 1. The summed E-state index contributed by atoms with van der Waals surface area (Å²) >= 11 is 0. The number of imidazole rings is 1. The number of hydrogen-bond acceptors (Lipinski definition) is 10. The Morgan fingerprint density at radius 2 is 1.88 bits per heavy atom. The monoisotopic (exact) mass is 548 g/mol. The molecule has 1 aliphatic rings. The number of aliphatic hydroxyl groups is 2. The van der Waals surface area contributed by atoms with Crippen LogP contribution in [-0.2, 0) is 4.74 Å². The second kappa shape index (κ2) is 12.3. The predicted octanol–water partition coefficient (Wildman–Crippen LogP) is 1.96. The highest BCUT2D eigenvalue weighted by Crippen LogP contribution is 2.32. The zero-order chi connectivity index (χ0) is 28.1. The number of anilines is 2. The van der Waals surface area contributed by atoms with Crippen molar-refractivity contribution in [3.05, 3.63) is 67.3 Å². The summed E-state index contributed by atoms with van der Waals surface area (Å²) in [6.07, 6.45) is -0.359. The molecular formula is C27H32N8O5. The fourth-order valence-electron chi connectivity index (χ4n) is 4.56. The van der Waals surface area contributed by atoms with E-state index in [0.29, 0.717) is 54.4 Å². The number of para-hydroxylation sites is 3. The number of nitrogens with zero attached hydrogens (tertiary/aromatic N) is 5. The number of aromatic nitrogens is 4. The molecule has 40 heavy (non-hydrogen) atoms. The summed E-state index contributed by atoms with van der Waals surface area (Å²) in [5.74, 6) is 1.44. The van der Waals surface area contributed by atoms with Crippen molar-refractivity contribution in [2.24, 2.45) is 0 Å². The molecule has 4 aromatic rings. The molecule has 0 unspecified atom stereocenters. The van der Waals surface area contributed by atoms with Gasteiger partial charge in [0.25, 0.3) is 0 Å². The molecule has 13 heteroatoms. The highest BCUT2D eigenvalue weighted by Gasteiger charge is 2.44. The molecule has 0 radical (unpaired) electrons. The smallest absolute Gasteiger partial charge is 0.319 e. The van der Waals surface area contributed by atoms with Crippen LogP contribution >= 0.6 is 0 Å². The molecule has 1 fully saturated rings. The van der Waals surface area contributed by atoms with Gasteiger partial charge in [0.1, 0.15) is 35.9 Å². The van der Waals surface area contributed by atoms with Crippen LogP contribution in [0.2, 0.25) is 0 Å². The highest BCUT2D eigenvalue weighted by molar-refractivity contribution is 5.91. The molecule has 6 N–H and O–H groups in total. The van der Waals surface area contributed by atoms with Crippen molar-refractivity contribution in [3.63, 3.8) is 0 Å². The number of amides is 2. The van der Waals surface area contributed by atoms with Crippen molar-refractivity contribution < 1.29 is 24.5 Å². The lowest BCUT2D eigenvalue weighted by Gasteiger charge is -2.22. The van der Waals surface area contributed by atoms with Crippen LogP contribution in [-0.4, -0.2) is 85.7 Å². The number of benzene rings is 2. The molecule has 0 aliphatic carbocycles. The number of nitrogen functional groups attached to an aromatic ring is 1. The number of nitrogens with two attached hydrogens (primary N) is 1. The summed E-state index contributed by atoms with van der Waals surface area (Å²) in [7, 11) is 1.88. The van der Waals surface area contributed by atoms with E-state index in [1.54, 1.807) is 16.7 Å². The topological polar surface area (TPSA) is 173 Å². The third-order valence-corrected chi connectivity index (χ3v) is 6.60. The number of nitrogens with one attached hydrogen (secondary N) is 2. The van der Waals surface area contributed by atoms with E-state index in [2.05, 4.69) is 25.6 Å². The Balaban J connectivity index is 1.07. The van der Waals surface area contributed by atoms with Crippen LogP contribution < -0.4 is 21.1 Å². The molecule has 2 aromatic heterocycles. The molecule has 13 nitrogen and oxygen atoms in total. The molecule has 210 valence electrons. The standard InChI is InChI=1S/C27H32N8O5/c1-34(14-20-22(36)23(37)26(40-20)35-16-32-21-24(28)30-15-31-25(21)35)13-7-12-29-27(38)33-18-10-5-6-11-19(18)39-17-8-3-2-4-9-17/h2-6,8-11,15-16,20,22-23,26,36-37H,7,12-14H2,1H3,(H2,28,30,31)(H2,29,33,38)/t20-,22+,23-,26-/m1/s1. The molecule has 5 rings (SSSR count). The van der Waals surface area contributed by atoms with Gasteiger partial charge in [-0.1, -0.05) is 30.3 Å². The average Bonchev–Trinajstić information content (AvgIpc) is 3.50. The lowest BCUT2D eigenvalue weighted by atomic mass is 10.1. The maximum atomic E-state index is 12.5. The molecule has 4 atom stereocenters. The molecule has 2 aromatic carbocycles. The molecule has 2 amide bonds. The van der Waals surface area contributed by atoms with E-state index >= 15 is 0 Å². The van der Waals surface area contributed by atoms with Crippen LogP contribution in [0.25, 0.3) is 11.2 Å². The van der Waals surface area contributed by atoms with Gasteiger partial charge in [-0.3, -0.25) is 4.57 Å². The second-order valence-electron chi connectivity index (χ2n) is 9.54. The minimum absolute atomic E-state index is 0.222. The largest absolute Gasteiger partial charge is 0.455 e. The third kappa shape index (κ3) is 6.13. The maximum absolute atomic E-state index is 12.5. The van der Waals surface area contributed by atoms with Gasteiger partial charge in [0.2, 0.25) is 0 Å². The molecule has 1 aliphatic heterocycles. The second-order valence-corrected chi connectivity index (χ2v) is 9.54. The van der Waals surface area contributed by atoms with Gasteiger partial charge in [-0.05, 0) is 44.3 Å². The lowest BCUT2D eigenvalue weighted by molar-refractivity contribution is -0.0421. The number of rotatable bonds is 10. The normalized spacial score (nSPS) is 20.6. The summed E-state index contributed by atoms with van der Waals surface area (Å²) in [5, 5.41) is 27.0. The molecular weight excluding hydrogens is 516 g/mol. The van der Waals surface area contributed by atoms with Crippen molar-refractivity contribution >= 4 is 28.7 Å². The van der Waals surface area contributed by atoms with Crippen LogP contribution in [0.4, 0.5) is 16.3 Å². The number of carbonyl (C=O) groups excluding carboxylic acids is 1. The first-order valence-corrected chi connectivity index (χ1v) is 12.9. The Morgan fingerprint density at radius 3 is 2.70 bits per heavy atom. The first-order chi connectivity index (χ1) is 19.4. The third-order valence-electron chi connectivity index (χ3n) is 6.60. The minimum Gasteiger partial charge on any atom is -0.455 e. The van der Waals surface area contributed by atoms with Gasteiger partial charge >= 0.3 is 6.03 Å².